The number of aliphatic hydroxyl groups excluding tert-OH is 1. The van der Waals surface area contributed by atoms with Crippen LogP contribution in [0.5, 0.6) is 0 Å². The van der Waals surface area contributed by atoms with Gasteiger partial charge in [0, 0.05) is 12.2 Å². The highest BCUT2D eigenvalue weighted by atomic mass is 16.4. The van der Waals surface area contributed by atoms with Crippen LogP contribution in [0.15, 0.2) is 24.3 Å². The van der Waals surface area contributed by atoms with E-state index in [1.165, 1.54) is 4.90 Å². The number of fused-ring (bicyclic) bond motifs is 2. The lowest BCUT2D eigenvalue weighted by Gasteiger charge is -2.29. The SMILES string of the molecule is CC(C)C[C@H](NC(=O)O)C(=O)N1C[C@]2(C[C@H]1CO)C(=O)Nc1ccccc12. The molecule has 0 saturated carbocycles. The van der Waals surface area contributed by atoms with Gasteiger partial charge in [-0.15, -0.1) is 0 Å². The highest BCUT2D eigenvalue weighted by molar-refractivity contribution is 6.07. The predicted octanol–water partition coefficient (Wildman–Crippen LogP) is 1.15. The molecule has 1 aromatic carbocycles. The summed E-state index contributed by atoms with van der Waals surface area (Å²) in [7, 11) is 0. The second-order valence-electron chi connectivity index (χ2n) is 7.72. The highest BCUT2D eigenvalue weighted by Gasteiger charge is 2.56. The summed E-state index contributed by atoms with van der Waals surface area (Å²) in [6.07, 6.45) is -0.623. The Hall–Kier alpha value is -2.61. The van der Waals surface area contributed by atoms with Gasteiger partial charge in [-0.25, -0.2) is 4.79 Å². The van der Waals surface area contributed by atoms with Crippen LogP contribution in [0.4, 0.5) is 10.5 Å². The Bertz CT molecular complexity index is 765. The molecule has 2 aliphatic heterocycles. The summed E-state index contributed by atoms with van der Waals surface area (Å²) in [4.78, 5) is 38.5. The van der Waals surface area contributed by atoms with E-state index in [9.17, 15) is 19.5 Å². The van der Waals surface area contributed by atoms with Crippen LogP contribution in [0.1, 0.15) is 32.3 Å². The van der Waals surface area contributed by atoms with E-state index in [0.29, 0.717) is 12.8 Å². The van der Waals surface area contributed by atoms with Crippen molar-refractivity contribution in [2.75, 3.05) is 18.5 Å². The largest absolute Gasteiger partial charge is 0.465 e. The lowest BCUT2D eigenvalue weighted by atomic mass is 9.79. The average molecular weight is 375 g/mol. The molecule has 3 amide bonds. The van der Waals surface area contributed by atoms with E-state index >= 15 is 0 Å². The lowest BCUT2D eigenvalue weighted by Crippen LogP contribution is -2.51. The van der Waals surface area contributed by atoms with Crippen molar-refractivity contribution in [1.29, 1.82) is 0 Å². The molecule has 8 heteroatoms. The first kappa shape index (κ1) is 19.2. The maximum absolute atomic E-state index is 13.1. The number of hydrogen-bond donors (Lipinski definition) is 4. The van der Waals surface area contributed by atoms with Gasteiger partial charge in [0.2, 0.25) is 11.8 Å². The Kier molecular flexibility index (Phi) is 5.10. The third-order valence-electron chi connectivity index (χ3n) is 5.39. The van der Waals surface area contributed by atoms with E-state index in [2.05, 4.69) is 10.6 Å². The molecule has 27 heavy (non-hydrogen) atoms. The number of anilines is 1. The van der Waals surface area contributed by atoms with Gasteiger partial charge in [0.25, 0.3) is 0 Å². The fourth-order valence-electron chi connectivity index (χ4n) is 4.19. The van der Waals surface area contributed by atoms with Crippen LogP contribution in [0.25, 0.3) is 0 Å². The van der Waals surface area contributed by atoms with E-state index in [4.69, 9.17) is 5.11 Å². The minimum absolute atomic E-state index is 0.102. The second kappa shape index (κ2) is 7.19. The normalized spacial score (nSPS) is 24.8. The van der Waals surface area contributed by atoms with E-state index in [0.717, 1.165) is 11.3 Å². The first-order chi connectivity index (χ1) is 12.8. The fourth-order valence-corrected chi connectivity index (χ4v) is 4.19. The van der Waals surface area contributed by atoms with E-state index in [-0.39, 0.29) is 25.0 Å². The molecular formula is C19H25N3O5. The zero-order valence-electron chi connectivity index (χ0n) is 15.4. The van der Waals surface area contributed by atoms with Crippen LogP contribution < -0.4 is 10.6 Å². The third kappa shape index (κ3) is 3.37. The summed E-state index contributed by atoms with van der Waals surface area (Å²) in [5.74, 6) is -0.492. The predicted molar refractivity (Wildman–Crippen MR) is 98.4 cm³/mol. The van der Waals surface area contributed by atoms with Crippen molar-refractivity contribution in [3.63, 3.8) is 0 Å². The molecule has 8 nitrogen and oxygen atoms in total. The zero-order valence-corrected chi connectivity index (χ0v) is 15.4. The molecule has 3 rings (SSSR count). The maximum atomic E-state index is 13.1. The van der Waals surface area contributed by atoms with Gasteiger partial charge >= 0.3 is 6.09 Å². The number of para-hydroxylation sites is 1. The smallest absolute Gasteiger partial charge is 0.405 e. The Balaban J connectivity index is 1.91. The molecule has 4 N–H and O–H groups in total. The van der Waals surface area contributed by atoms with Crippen LogP contribution in [-0.2, 0) is 15.0 Å². The molecule has 1 spiro atoms. The monoisotopic (exact) mass is 375 g/mol. The fraction of sp³-hybridized carbons (Fsp3) is 0.526. The Morgan fingerprint density at radius 3 is 2.70 bits per heavy atom. The molecule has 0 bridgehead atoms. The summed E-state index contributed by atoms with van der Waals surface area (Å²) in [6, 6.07) is 5.89. The van der Waals surface area contributed by atoms with Crippen LogP contribution in [0, 0.1) is 5.92 Å². The topological polar surface area (TPSA) is 119 Å². The zero-order chi connectivity index (χ0) is 19.8. The quantitative estimate of drug-likeness (QED) is 0.616. The molecule has 2 aliphatic rings. The molecule has 146 valence electrons. The molecule has 1 fully saturated rings. The summed E-state index contributed by atoms with van der Waals surface area (Å²) >= 11 is 0. The van der Waals surface area contributed by atoms with Crippen LogP contribution >= 0.6 is 0 Å². The van der Waals surface area contributed by atoms with Crippen molar-refractivity contribution < 1.29 is 24.6 Å². The van der Waals surface area contributed by atoms with Crippen molar-refractivity contribution in [3.05, 3.63) is 29.8 Å². The van der Waals surface area contributed by atoms with Crippen LogP contribution in [-0.4, -0.2) is 58.3 Å². The van der Waals surface area contributed by atoms with Gasteiger partial charge in [-0.2, -0.15) is 0 Å². The molecule has 0 aliphatic carbocycles. The summed E-state index contributed by atoms with van der Waals surface area (Å²) < 4.78 is 0. The number of hydrogen-bond acceptors (Lipinski definition) is 4. The summed E-state index contributed by atoms with van der Waals surface area (Å²) in [5, 5.41) is 24.1. The minimum atomic E-state index is -1.27. The number of benzene rings is 1. The van der Waals surface area contributed by atoms with Crippen LogP contribution in [0.2, 0.25) is 0 Å². The van der Waals surface area contributed by atoms with Crippen LogP contribution in [0.3, 0.4) is 0 Å². The lowest BCUT2D eigenvalue weighted by molar-refractivity contribution is -0.135. The number of likely N-dealkylation sites (tertiary alicyclic amines) is 1. The van der Waals surface area contributed by atoms with Gasteiger partial charge < -0.3 is 25.7 Å². The molecule has 0 aromatic heterocycles. The Labute approximate surface area is 157 Å². The van der Waals surface area contributed by atoms with Crippen molar-refractivity contribution in [3.8, 4) is 0 Å². The van der Waals surface area contributed by atoms with Gasteiger partial charge in [0.05, 0.1) is 18.1 Å². The molecule has 0 radical (unpaired) electrons. The van der Waals surface area contributed by atoms with Crippen molar-refractivity contribution in [2.24, 2.45) is 5.92 Å². The number of amides is 3. The van der Waals surface area contributed by atoms with Gasteiger partial charge in [0.15, 0.2) is 0 Å². The van der Waals surface area contributed by atoms with Gasteiger partial charge in [-0.3, -0.25) is 9.59 Å². The first-order valence-electron chi connectivity index (χ1n) is 9.10. The van der Waals surface area contributed by atoms with Crippen molar-refractivity contribution >= 4 is 23.6 Å². The molecule has 1 aromatic rings. The third-order valence-corrected chi connectivity index (χ3v) is 5.39. The van der Waals surface area contributed by atoms with Gasteiger partial charge in [-0.1, -0.05) is 32.0 Å². The van der Waals surface area contributed by atoms with Crippen molar-refractivity contribution in [1.82, 2.24) is 10.2 Å². The van der Waals surface area contributed by atoms with E-state index in [1.807, 2.05) is 38.1 Å². The number of carbonyl (C=O) groups is 3. The molecule has 0 unspecified atom stereocenters. The maximum Gasteiger partial charge on any atom is 0.405 e. The first-order valence-corrected chi connectivity index (χ1v) is 9.10. The standard InChI is InChI=1S/C19H25N3O5/c1-11(2)7-15(21-18(26)27)16(24)22-10-19(8-12(22)9-23)13-5-3-4-6-14(13)20-17(19)25/h3-6,11-12,15,21,23H,7-10H2,1-2H3,(H,20,25)(H,26,27)/t12-,15-,19-/m0/s1. The minimum Gasteiger partial charge on any atom is -0.465 e. The van der Waals surface area contributed by atoms with Gasteiger partial charge in [-0.05, 0) is 30.4 Å². The Morgan fingerprint density at radius 1 is 1.37 bits per heavy atom. The van der Waals surface area contributed by atoms with Crippen molar-refractivity contribution in [2.45, 2.75) is 44.2 Å². The number of nitrogens with zero attached hydrogens (tertiary/aromatic N) is 1. The summed E-state index contributed by atoms with van der Waals surface area (Å²) in [6.45, 7) is 3.64. The Morgan fingerprint density at radius 2 is 2.07 bits per heavy atom. The number of nitrogens with one attached hydrogen (secondary N) is 2. The number of carboxylic acid groups (broad SMARTS) is 1. The number of carbonyl (C=O) groups excluding carboxylic acids is 2. The molecule has 1 saturated heterocycles. The van der Waals surface area contributed by atoms with Gasteiger partial charge in [0.1, 0.15) is 6.04 Å². The molecular weight excluding hydrogens is 350 g/mol. The number of aliphatic hydroxyl groups is 1. The molecule has 2 heterocycles. The van der Waals surface area contributed by atoms with E-state index < -0.39 is 29.5 Å². The summed E-state index contributed by atoms with van der Waals surface area (Å²) in [5.41, 5.74) is 0.622. The second-order valence-corrected chi connectivity index (χ2v) is 7.72. The van der Waals surface area contributed by atoms with E-state index in [1.54, 1.807) is 0 Å². The highest BCUT2D eigenvalue weighted by Crippen LogP contribution is 2.46. The average Bonchev–Trinajstić information content (AvgIpc) is 3.12. The number of rotatable bonds is 5. The molecule has 3 atom stereocenters.